The Morgan fingerprint density at radius 1 is 1.33 bits per heavy atom. The minimum Gasteiger partial charge on any atom is -0.466 e. The lowest BCUT2D eigenvalue weighted by molar-refractivity contribution is -0.145. The molecule has 2 rings (SSSR count). The van der Waals surface area contributed by atoms with E-state index in [1.54, 1.807) is 31.2 Å². The molecule has 7 heteroatoms. The Bertz CT molecular complexity index is 596. The fourth-order valence-corrected chi connectivity index (χ4v) is 2.40. The van der Waals surface area contributed by atoms with Crippen LogP contribution in [0, 0.1) is 0 Å². The lowest BCUT2D eigenvalue weighted by atomic mass is 10.1. The first-order valence-corrected chi connectivity index (χ1v) is 8.04. The number of benzene rings is 1. The van der Waals surface area contributed by atoms with Crippen LogP contribution in [-0.4, -0.2) is 43.6 Å². The van der Waals surface area contributed by atoms with Crippen LogP contribution in [0.1, 0.15) is 36.5 Å². The fourth-order valence-electron chi connectivity index (χ4n) is 2.40. The van der Waals surface area contributed by atoms with Crippen LogP contribution in [0.4, 0.5) is 5.69 Å². The Labute approximate surface area is 140 Å². The number of rotatable bonds is 7. The zero-order valence-corrected chi connectivity index (χ0v) is 13.7. The number of esters is 1. The lowest BCUT2D eigenvalue weighted by Gasteiger charge is -2.11. The Balaban J connectivity index is 1.86. The molecule has 0 saturated carbocycles. The quantitative estimate of drug-likeness (QED) is 0.582. The van der Waals surface area contributed by atoms with E-state index in [2.05, 4.69) is 10.6 Å². The molecule has 24 heavy (non-hydrogen) atoms. The van der Waals surface area contributed by atoms with E-state index < -0.39 is 11.9 Å². The Morgan fingerprint density at radius 3 is 2.88 bits per heavy atom. The standard InChI is InChI=1S/C17H22N2O5/c1-2-23-16(21)10-15(20)19-13-6-3-5-12(9-13)17(22)18-11-14-7-4-8-24-14/h3,5-6,9,14H,2,4,7-8,10-11H2,1H3,(H,18,22)(H,19,20)/t14-/m0/s1. The Hall–Kier alpha value is -2.41. The molecule has 0 aliphatic carbocycles. The summed E-state index contributed by atoms with van der Waals surface area (Å²) in [6.07, 6.45) is 1.68. The van der Waals surface area contributed by atoms with Gasteiger partial charge in [-0.05, 0) is 38.0 Å². The van der Waals surface area contributed by atoms with Crippen molar-refractivity contribution in [1.82, 2.24) is 5.32 Å². The molecule has 1 atom stereocenters. The summed E-state index contributed by atoms with van der Waals surface area (Å²) in [5, 5.41) is 5.40. The second-order valence-electron chi connectivity index (χ2n) is 5.46. The zero-order valence-electron chi connectivity index (χ0n) is 13.7. The number of anilines is 1. The summed E-state index contributed by atoms with van der Waals surface area (Å²) in [7, 11) is 0. The highest BCUT2D eigenvalue weighted by Crippen LogP contribution is 2.13. The minimum absolute atomic E-state index is 0.0708. The molecule has 0 radical (unpaired) electrons. The average Bonchev–Trinajstić information content (AvgIpc) is 3.06. The number of ether oxygens (including phenoxy) is 2. The Kier molecular flexibility index (Phi) is 6.74. The van der Waals surface area contributed by atoms with Gasteiger partial charge in [0.25, 0.3) is 5.91 Å². The van der Waals surface area contributed by atoms with E-state index in [0.29, 0.717) is 17.8 Å². The van der Waals surface area contributed by atoms with Gasteiger partial charge in [0.15, 0.2) is 0 Å². The van der Waals surface area contributed by atoms with Crippen LogP contribution in [0.15, 0.2) is 24.3 Å². The molecule has 0 bridgehead atoms. The van der Waals surface area contributed by atoms with Gasteiger partial charge in [0.2, 0.25) is 5.91 Å². The molecule has 0 unspecified atom stereocenters. The maximum absolute atomic E-state index is 12.1. The predicted octanol–water partition coefficient (Wildman–Crippen LogP) is 1.49. The largest absolute Gasteiger partial charge is 0.466 e. The molecule has 1 aromatic rings. The van der Waals surface area contributed by atoms with Crippen molar-refractivity contribution in [2.75, 3.05) is 25.1 Å². The highest BCUT2D eigenvalue weighted by Gasteiger charge is 2.17. The van der Waals surface area contributed by atoms with Crippen molar-refractivity contribution in [1.29, 1.82) is 0 Å². The molecule has 1 saturated heterocycles. The van der Waals surface area contributed by atoms with Gasteiger partial charge in [-0.3, -0.25) is 14.4 Å². The summed E-state index contributed by atoms with van der Waals surface area (Å²) >= 11 is 0. The number of nitrogens with one attached hydrogen (secondary N) is 2. The third-order valence-corrected chi connectivity index (χ3v) is 3.53. The van der Waals surface area contributed by atoms with Crippen molar-refractivity contribution < 1.29 is 23.9 Å². The minimum atomic E-state index is -0.583. The van der Waals surface area contributed by atoms with E-state index in [9.17, 15) is 14.4 Å². The van der Waals surface area contributed by atoms with Crippen LogP contribution < -0.4 is 10.6 Å². The first-order valence-electron chi connectivity index (χ1n) is 8.04. The van der Waals surface area contributed by atoms with Gasteiger partial charge in [-0.1, -0.05) is 6.07 Å². The number of hydrogen-bond donors (Lipinski definition) is 2. The molecule has 2 N–H and O–H groups in total. The van der Waals surface area contributed by atoms with Gasteiger partial charge in [-0.25, -0.2) is 0 Å². The van der Waals surface area contributed by atoms with Gasteiger partial charge >= 0.3 is 5.97 Å². The van der Waals surface area contributed by atoms with Crippen molar-refractivity contribution >= 4 is 23.5 Å². The predicted molar refractivity (Wildman–Crippen MR) is 87.6 cm³/mol. The molecule has 1 fully saturated rings. The van der Waals surface area contributed by atoms with E-state index in [0.717, 1.165) is 19.4 Å². The normalized spacial score (nSPS) is 16.5. The van der Waals surface area contributed by atoms with Crippen LogP contribution in [0.5, 0.6) is 0 Å². The van der Waals surface area contributed by atoms with Gasteiger partial charge in [0.05, 0.1) is 12.7 Å². The second-order valence-corrected chi connectivity index (χ2v) is 5.46. The summed E-state index contributed by atoms with van der Waals surface area (Å²) in [5.74, 6) is -1.29. The van der Waals surface area contributed by atoms with Crippen molar-refractivity contribution in [3.05, 3.63) is 29.8 Å². The summed E-state index contributed by atoms with van der Waals surface area (Å²) in [6, 6.07) is 6.54. The molecule has 0 aromatic heterocycles. The maximum atomic E-state index is 12.1. The topological polar surface area (TPSA) is 93.7 Å². The van der Waals surface area contributed by atoms with Crippen LogP contribution in [0.25, 0.3) is 0 Å². The Morgan fingerprint density at radius 2 is 2.17 bits per heavy atom. The van der Waals surface area contributed by atoms with Gasteiger partial charge in [0.1, 0.15) is 6.42 Å². The molecule has 1 heterocycles. The van der Waals surface area contributed by atoms with E-state index in [1.165, 1.54) is 0 Å². The van der Waals surface area contributed by atoms with Crippen LogP contribution in [0.3, 0.4) is 0 Å². The van der Waals surface area contributed by atoms with Gasteiger partial charge < -0.3 is 20.1 Å². The zero-order chi connectivity index (χ0) is 17.4. The molecular formula is C17H22N2O5. The van der Waals surface area contributed by atoms with Crippen molar-refractivity contribution in [2.24, 2.45) is 0 Å². The molecule has 130 valence electrons. The van der Waals surface area contributed by atoms with Crippen molar-refractivity contribution in [3.8, 4) is 0 Å². The SMILES string of the molecule is CCOC(=O)CC(=O)Nc1cccc(C(=O)NC[C@@H]2CCCO2)c1. The summed E-state index contributed by atoms with van der Waals surface area (Å²) < 4.78 is 10.2. The first kappa shape index (κ1) is 17.9. The van der Waals surface area contributed by atoms with Crippen LogP contribution in [-0.2, 0) is 19.1 Å². The van der Waals surface area contributed by atoms with Gasteiger partial charge in [0, 0.05) is 24.4 Å². The third kappa shape index (κ3) is 5.66. The van der Waals surface area contributed by atoms with E-state index in [4.69, 9.17) is 9.47 Å². The molecule has 1 aliphatic heterocycles. The molecule has 7 nitrogen and oxygen atoms in total. The average molecular weight is 334 g/mol. The number of carbonyl (C=O) groups excluding carboxylic acids is 3. The van der Waals surface area contributed by atoms with Crippen molar-refractivity contribution in [3.63, 3.8) is 0 Å². The molecule has 1 aromatic carbocycles. The summed E-state index contributed by atoms with van der Waals surface area (Å²) in [5.41, 5.74) is 0.885. The lowest BCUT2D eigenvalue weighted by Crippen LogP contribution is -2.31. The van der Waals surface area contributed by atoms with Crippen LogP contribution >= 0.6 is 0 Å². The highest BCUT2D eigenvalue weighted by atomic mass is 16.5. The van der Waals surface area contributed by atoms with Gasteiger partial charge in [-0.15, -0.1) is 0 Å². The van der Waals surface area contributed by atoms with E-state index >= 15 is 0 Å². The summed E-state index contributed by atoms with van der Waals surface area (Å²) in [4.78, 5) is 35.2. The smallest absolute Gasteiger partial charge is 0.315 e. The third-order valence-electron chi connectivity index (χ3n) is 3.53. The second kappa shape index (κ2) is 9.02. The molecule has 0 spiro atoms. The van der Waals surface area contributed by atoms with E-state index in [-0.39, 0.29) is 25.0 Å². The van der Waals surface area contributed by atoms with E-state index in [1.807, 2.05) is 0 Å². The van der Waals surface area contributed by atoms with Gasteiger partial charge in [-0.2, -0.15) is 0 Å². The number of amides is 2. The molecular weight excluding hydrogens is 312 g/mol. The summed E-state index contributed by atoms with van der Waals surface area (Å²) in [6.45, 7) is 3.11. The highest BCUT2D eigenvalue weighted by molar-refractivity contribution is 6.02. The monoisotopic (exact) mass is 334 g/mol. The maximum Gasteiger partial charge on any atom is 0.315 e. The van der Waals surface area contributed by atoms with Crippen molar-refractivity contribution in [2.45, 2.75) is 32.3 Å². The fraction of sp³-hybridized carbons (Fsp3) is 0.471. The molecule has 2 amide bonds. The number of carbonyl (C=O) groups is 3. The first-order chi connectivity index (χ1) is 11.6. The number of hydrogen-bond acceptors (Lipinski definition) is 5. The molecule has 1 aliphatic rings. The van der Waals surface area contributed by atoms with Crippen LogP contribution in [0.2, 0.25) is 0 Å².